The second-order valence-corrected chi connectivity index (χ2v) is 5.74. The fraction of sp³-hybridized carbons (Fsp3) is 0.176. The summed E-state index contributed by atoms with van der Waals surface area (Å²) in [5.74, 6) is 1.37. The van der Waals surface area contributed by atoms with Crippen molar-refractivity contribution in [1.82, 2.24) is 10.2 Å². The molecule has 2 aromatic carbocycles. The Kier molecular flexibility index (Phi) is 4.15. The largest absolute Gasteiger partial charge is 0.420 e. The summed E-state index contributed by atoms with van der Waals surface area (Å²) in [4.78, 5) is 0. The van der Waals surface area contributed by atoms with Gasteiger partial charge in [0.15, 0.2) is 0 Å². The highest BCUT2D eigenvalue weighted by Gasteiger charge is 2.19. The summed E-state index contributed by atoms with van der Waals surface area (Å²) >= 11 is 3.42. The van der Waals surface area contributed by atoms with Gasteiger partial charge in [0.1, 0.15) is 0 Å². The van der Waals surface area contributed by atoms with Gasteiger partial charge in [0.25, 0.3) is 0 Å². The van der Waals surface area contributed by atoms with Gasteiger partial charge in [-0.1, -0.05) is 53.2 Å². The van der Waals surface area contributed by atoms with Crippen LogP contribution in [-0.4, -0.2) is 10.2 Å². The summed E-state index contributed by atoms with van der Waals surface area (Å²) in [7, 11) is 0. The molecule has 1 aromatic heterocycles. The van der Waals surface area contributed by atoms with Crippen molar-refractivity contribution < 1.29 is 4.42 Å². The highest BCUT2D eigenvalue weighted by Crippen LogP contribution is 2.29. The minimum absolute atomic E-state index is 0.142. The van der Waals surface area contributed by atoms with Crippen molar-refractivity contribution in [2.75, 3.05) is 0 Å². The number of hydrogen-bond donors (Lipinski definition) is 0. The molecule has 0 radical (unpaired) electrons. The van der Waals surface area contributed by atoms with Gasteiger partial charge in [-0.3, -0.25) is 0 Å². The first-order chi connectivity index (χ1) is 10.3. The molecule has 0 fully saturated rings. The quantitative estimate of drug-likeness (QED) is 0.666. The molecule has 0 bridgehead atoms. The molecule has 0 saturated heterocycles. The van der Waals surface area contributed by atoms with Crippen LogP contribution in [0.5, 0.6) is 0 Å². The zero-order valence-electron chi connectivity index (χ0n) is 11.7. The third kappa shape index (κ3) is 3.05. The minimum atomic E-state index is 0.142. The van der Waals surface area contributed by atoms with Gasteiger partial charge >= 0.3 is 0 Å². The maximum absolute atomic E-state index is 5.88. The Labute approximate surface area is 132 Å². The van der Waals surface area contributed by atoms with Crippen molar-refractivity contribution in [2.45, 2.75) is 19.3 Å². The van der Waals surface area contributed by atoms with Crippen LogP contribution in [-0.2, 0) is 0 Å². The van der Waals surface area contributed by atoms with E-state index in [1.165, 1.54) is 5.56 Å². The molecule has 1 atom stereocenters. The standard InChI is InChI=1S/C17H15BrN2O/c1-2-15(12-6-4-3-5-7-12)17-20-19-16(21-17)13-8-10-14(18)11-9-13/h3-11,15H,2H2,1H3. The fourth-order valence-electron chi connectivity index (χ4n) is 2.32. The van der Waals surface area contributed by atoms with Gasteiger partial charge in [-0.15, -0.1) is 10.2 Å². The summed E-state index contributed by atoms with van der Waals surface area (Å²) in [6.07, 6.45) is 0.923. The van der Waals surface area contributed by atoms with Gasteiger partial charge in [0.05, 0.1) is 5.92 Å². The summed E-state index contributed by atoms with van der Waals surface area (Å²) < 4.78 is 6.91. The van der Waals surface area contributed by atoms with Crippen molar-refractivity contribution in [1.29, 1.82) is 0 Å². The Balaban J connectivity index is 1.92. The molecule has 3 nitrogen and oxygen atoms in total. The third-order valence-corrected chi connectivity index (χ3v) is 3.97. The van der Waals surface area contributed by atoms with Gasteiger partial charge < -0.3 is 4.42 Å². The number of halogens is 1. The number of aromatic nitrogens is 2. The topological polar surface area (TPSA) is 38.9 Å². The van der Waals surface area contributed by atoms with Crippen LogP contribution in [0.4, 0.5) is 0 Å². The molecule has 0 spiro atoms. The molecule has 0 amide bonds. The van der Waals surface area contributed by atoms with Crippen LogP contribution in [0.3, 0.4) is 0 Å². The Hall–Kier alpha value is -1.94. The van der Waals surface area contributed by atoms with E-state index in [1.54, 1.807) is 0 Å². The molecule has 0 aliphatic heterocycles. The van der Waals surface area contributed by atoms with Crippen LogP contribution in [0.1, 0.15) is 30.7 Å². The van der Waals surface area contributed by atoms with Crippen LogP contribution in [0.2, 0.25) is 0 Å². The molecule has 1 unspecified atom stereocenters. The van der Waals surface area contributed by atoms with Crippen molar-refractivity contribution in [3.8, 4) is 11.5 Å². The SMILES string of the molecule is CCC(c1ccccc1)c1nnc(-c2ccc(Br)cc2)o1. The van der Waals surface area contributed by atoms with E-state index in [-0.39, 0.29) is 5.92 Å². The molecular weight excluding hydrogens is 328 g/mol. The predicted octanol–water partition coefficient (Wildman–Crippen LogP) is 5.04. The molecule has 0 saturated carbocycles. The first kappa shape index (κ1) is 14.0. The number of hydrogen-bond acceptors (Lipinski definition) is 3. The number of nitrogens with zero attached hydrogens (tertiary/aromatic N) is 2. The van der Waals surface area contributed by atoms with Crippen LogP contribution in [0, 0.1) is 0 Å². The van der Waals surface area contributed by atoms with Gasteiger partial charge in [0, 0.05) is 10.0 Å². The van der Waals surface area contributed by atoms with Crippen molar-refractivity contribution in [3.05, 3.63) is 70.5 Å². The Morgan fingerprint density at radius 3 is 2.38 bits per heavy atom. The summed E-state index contributed by atoms with van der Waals surface area (Å²) in [5.41, 5.74) is 2.13. The Morgan fingerprint density at radius 2 is 1.71 bits per heavy atom. The van der Waals surface area contributed by atoms with E-state index in [9.17, 15) is 0 Å². The van der Waals surface area contributed by atoms with Gasteiger partial charge in [-0.2, -0.15) is 0 Å². The third-order valence-electron chi connectivity index (χ3n) is 3.44. The van der Waals surface area contributed by atoms with Crippen LogP contribution in [0.25, 0.3) is 11.5 Å². The molecule has 0 aliphatic carbocycles. The lowest BCUT2D eigenvalue weighted by Crippen LogP contribution is -1.99. The lowest BCUT2D eigenvalue weighted by atomic mass is 9.97. The van der Waals surface area contributed by atoms with Crippen molar-refractivity contribution in [2.24, 2.45) is 0 Å². The van der Waals surface area contributed by atoms with E-state index in [0.29, 0.717) is 11.8 Å². The smallest absolute Gasteiger partial charge is 0.247 e. The van der Waals surface area contributed by atoms with Gasteiger partial charge in [0.2, 0.25) is 11.8 Å². The fourth-order valence-corrected chi connectivity index (χ4v) is 2.59. The average molecular weight is 343 g/mol. The molecule has 0 N–H and O–H groups in total. The Bertz CT molecular complexity index is 707. The number of rotatable bonds is 4. The summed E-state index contributed by atoms with van der Waals surface area (Å²) in [5, 5.41) is 8.41. The molecule has 21 heavy (non-hydrogen) atoms. The molecule has 3 rings (SSSR count). The molecular formula is C17H15BrN2O. The lowest BCUT2D eigenvalue weighted by Gasteiger charge is -2.10. The zero-order chi connectivity index (χ0) is 14.7. The maximum Gasteiger partial charge on any atom is 0.247 e. The van der Waals surface area contributed by atoms with Crippen LogP contribution >= 0.6 is 15.9 Å². The van der Waals surface area contributed by atoms with E-state index in [2.05, 4.69) is 45.2 Å². The van der Waals surface area contributed by atoms with E-state index in [0.717, 1.165) is 16.5 Å². The van der Waals surface area contributed by atoms with E-state index in [4.69, 9.17) is 4.42 Å². The molecule has 3 aromatic rings. The van der Waals surface area contributed by atoms with Gasteiger partial charge in [-0.05, 0) is 36.2 Å². The second-order valence-electron chi connectivity index (χ2n) is 4.82. The average Bonchev–Trinajstić information content (AvgIpc) is 2.99. The van der Waals surface area contributed by atoms with E-state index >= 15 is 0 Å². The van der Waals surface area contributed by atoms with Gasteiger partial charge in [-0.25, -0.2) is 0 Å². The molecule has 0 aliphatic rings. The first-order valence-electron chi connectivity index (χ1n) is 6.92. The summed E-state index contributed by atoms with van der Waals surface area (Å²) in [6, 6.07) is 18.1. The highest BCUT2D eigenvalue weighted by atomic mass is 79.9. The molecule has 1 heterocycles. The van der Waals surface area contributed by atoms with Crippen LogP contribution in [0.15, 0.2) is 63.5 Å². The summed E-state index contributed by atoms with van der Waals surface area (Å²) in [6.45, 7) is 2.13. The maximum atomic E-state index is 5.88. The first-order valence-corrected chi connectivity index (χ1v) is 7.71. The van der Waals surface area contributed by atoms with E-state index < -0.39 is 0 Å². The second kappa shape index (κ2) is 6.22. The number of benzene rings is 2. The molecule has 4 heteroatoms. The minimum Gasteiger partial charge on any atom is -0.420 e. The van der Waals surface area contributed by atoms with E-state index in [1.807, 2.05) is 42.5 Å². The lowest BCUT2D eigenvalue weighted by molar-refractivity contribution is 0.474. The normalized spacial score (nSPS) is 12.3. The monoisotopic (exact) mass is 342 g/mol. The molecule has 106 valence electrons. The predicted molar refractivity (Wildman–Crippen MR) is 86.0 cm³/mol. The van der Waals surface area contributed by atoms with Crippen LogP contribution < -0.4 is 0 Å². The van der Waals surface area contributed by atoms with Crippen molar-refractivity contribution in [3.63, 3.8) is 0 Å². The Morgan fingerprint density at radius 1 is 1.00 bits per heavy atom. The highest BCUT2D eigenvalue weighted by molar-refractivity contribution is 9.10. The zero-order valence-corrected chi connectivity index (χ0v) is 13.2. The van der Waals surface area contributed by atoms with Crippen molar-refractivity contribution >= 4 is 15.9 Å².